The quantitative estimate of drug-likeness (QED) is 0.672. The van der Waals surface area contributed by atoms with E-state index in [2.05, 4.69) is 10.3 Å². The molecule has 0 saturated heterocycles. The first kappa shape index (κ1) is 17.2. The van der Waals surface area contributed by atoms with Crippen molar-refractivity contribution in [3.8, 4) is 11.6 Å². The Morgan fingerprint density at radius 3 is 2.42 bits per heavy atom. The number of amides is 1. The summed E-state index contributed by atoms with van der Waals surface area (Å²) in [5, 5.41) is 13.1. The Kier molecular flexibility index (Phi) is 4.45. The Hall–Kier alpha value is -3.61. The van der Waals surface area contributed by atoms with Crippen LogP contribution in [0.3, 0.4) is 0 Å². The average Bonchev–Trinajstić information content (AvgIpc) is 2.57. The molecule has 2 aromatic carbocycles. The lowest BCUT2D eigenvalue weighted by Crippen LogP contribution is -2.34. The van der Waals surface area contributed by atoms with E-state index in [1.807, 2.05) is 13.0 Å². The largest absolute Gasteiger partial charge is 0.493 e. The second-order valence-electron chi connectivity index (χ2n) is 5.90. The number of para-hydroxylation sites is 1. The van der Waals surface area contributed by atoms with Gasteiger partial charge < -0.3 is 10.4 Å². The molecule has 1 aromatic heterocycles. The molecule has 1 heterocycles. The number of benzene rings is 2. The van der Waals surface area contributed by atoms with Crippen LogP contribution >= 0.6 is 0 Å². The van der Waals surface area contributed by atoms with E-state index in [9.17, 15) is 19.5 Å². The summed E-state index contributed by atoms with van der Waals surface area (Å²) >= 11 is 0. The predicted molar refractivity (Wildman–Crippen MR) is 98.2 cm³/mol. The number of carbonyl (C=O) groups excluding carboxylic acids is 1. The maximum absolute atomic E-state index is 12.5. The van der Waals surface area contributed by atoms with Gasteiger partial charge in [-0.1, -0.05) is 35.9 Å². The highest BCUT2D eigenvalue weighted by molar-refractivity contribution is 6.05. The maximum Gasteiger partial charge on any atom is 0.335 e. The number of anilines is 1. The maximum atomic E-state index is 12.5. The van der Waals surface area contributed by atoms with E-state index in [-0.39, 0.29) is 0 Å². The summed E-state index contributed by atoms with van der Waals surface area (Å²) in [7, 11) is 0. The van der Waals surface area contributed by atoms with Crippen molar-refractivity contribution in [2.75, 3.05) is 5.32 Å². The summed E-state index contributed by atoms with van der Waals surface area (Å²) in [5.74, 6) is -1.52. The van der Waals surface area contributed by atoms with E-state index in [1.54, 1.807) is 49.4 Å². The smallest absolute Gasteiger partial charge is 0.335 e. The van der Waals surface area contributed by atoms with Crippen LogP contribution in [0.1, 0.15) is 21.5 Å². The van der Waals surface area contributed by atoms with Crippen molar-refractivity contribution in [2.24, 2.45) is 0 Å². The Labute approximate surface area is 148 Å². The molecule has 0 aliphatic heterocycles. The summed E-state index contributed by atoms with van der Waals surface area (Å²) in [5.41, 5.74) is 0.212. The van der Waals surface area contributed by atoms with Crippen molar-refractivity contribution in [1.82, 2.24) is 9.55 Å². The van der Waals surface area contributed by atoms with Crippen LogP contribution in [0.4, 0.5) is 5.69 Å². The van der Waals surface area contributed by atoms with Gasteiger partial charge in [0.25, 0.3) is 11.5 Å². The molecular weight excluding hydrogens is 334 g/mol. The van der Waals surface area contributed by atoms with E-state index in [0.717, 1.165) is 10.1 Å². The lowest BCUT2D eigenvalue weighted by Gasteiger charge is -2.14. The van der Waals surface area contributed by atoms with Gasteiger partial charge in [0.1, 0.15) is 0 Å². The van der Waals surface area contributed by atoms with Crippen LogP contribution in [0.5, 0.6) is 5.88 Å². The van der Waals surface area contributed by atoms with Crippen LogP contribution in [0, 0.1) is 13.8 Å². The zero-order valence-corrected chi connectivity index (χ0v) is 14.2. The lowest BCUT2D eigenvalue weighted by molar-refractivity contribution is 0.102. The van der Waals surface area contributed by atoms with E-state index in [0.29, 0.717) is 16.9 Å². The van der Waals surface area contributed by atoms with E-state index in [1.165, 1.54) is 0 Å². The van der Waals surface area contributed by atoms with Crippen LogP contribution in [0.15, 0.2) is 58.1 Å². The Morgan fingerprint density at radius 1 is 1.08 bits per heavy atom. The molecule has 3 aromatic rings. The summed E-state index contributed by atoms with van der Waals surface area (Å²) in [6.45, 7) is 3.66. The van der Waals surface area contributed by atoms with Crippen LogP contribution in [-0.2, 0) is 0 Å². The monoisotopic (exact) mass is 351 g/mol. The summed E-state index contributed by atoms with van der Waals surface area (Å²) in [6.07, 6.45) is 0. The van der Waals surface area contributed by atoms with Gasteiger partial charge in [-0.3, -0.25) is 14.6 Å². The van der Waals surface area contributed by atoms with Gasteiger partial charge in [-0.2, -0.15) is 0 Å². The predicted octanol–water partition coefficient (Wildman–Crippen LogP) is 2.10. The number of nitrogens with zero attached hydrogens (tertiary/aromatic N) is 1. The molecule has 132 valence electrons. The molecule has 3 N–H and O–H groups in total. The fourth-order valence-electron chi connectivity index (χ4n) is 2.72. The molecule has 0 spiro atoms. The van der Waals surface area contributed by atoms with Gasteiger partial charge >= 0.3 is 5.69 Å². The fourth-order valence-corrected chi connectivity index (χ4v) is 2.72. The minimum atomic E-state index is -0.957. The molecule has 7 heteroatoms. The van der Waals surface area contributed by atoms with Crippen molar-refractivity contribution in [1.29, 1.82) is 0 Å². The van der Waals surface area contributed by atoms with Gasteiger partial charge in [0.2, 0.25) is 5.88 Å². The highest BCUT2D eigenvalue weighted by atomic mass is 16.3. The summed E-state index contributed by atoms with van der Waals surface area (Å²) < 4.78 is 0.913. The number of aromatic nitrogens is 2. The molecule has 0 unspecified atom stereocenters. The zero-order chi connectivity index (χ0) is 18.8. The number of nitrogens with one attached hydrogen (secondary N) is 2. The van der Waals surface area contributed by atoms with Crippen molar-refractivity contribution >= 4 is 11.6 Å². The van der Waals surface area contributed by atoms with E-state index >= 15 is 0 Å². The third-order valence-electron chi connectivity index (χ3n) is 3.94. The SMILES string of the molecule is Cc1ccc(-n2c(O)c(C(=O)Nc3ccccc3)c(=O)[nH]c2=O)c(C)c1. The van der Waals surface area contributed by atoms with Crippen LogP contribution in [0.2, 0.25) is 0 Å². The molecular formula is C19H17N3O4. The number of carbonyl (C=O) groups is 1. The first-order valence-corrected chi connectivity index (χ1v) is 7.91. The van der Waals surface area contributed by atoms with Crippen LogP contribution in [0.25, 0.3) is 5.69 Å². The number of aryl methyl sites for hydroxylation is 2. The zero-order valence-electron chi connectivity index (χ0n) is 14.2. The molecule has 0 saturated carbocycles. The van der Waals surface area contributed by atoms with Crippen LogP contribution in [-0.4, -0.2) is 20.6 Å². The molecule has 0 atom stereocenters. The number of H-pyrrole nitrogens is 1. The first-order chi connectivity index (χ1) is 12.4. The van der Waals surface area contributed by atoms with Crippen molar-refractivity contribution in [3.63, 3.8) is 0 Å². The normalized spacial score (nSPS) is 10.5. The topological polar surface area (TPSA) is 104 Å². The fraction of sp³-hybridized carbons (Fsp3) is 0.105. The standard InChI is InChI=1S/C19H17N3O4/c1-11-8-9-14(12(2)10-11)22-18(25)15(17(24)21-19(22)26)16(23)20-13-6-4-3-5-7-13/h3-10,25H,1-2H3,(H,20,23)(H,21,24,26). The molecule has 1 amide bonds. The van der Waals surface area contributed by atoms with E-state index < -0.39 is 28.6 Å². The third kappa shape index (κ3) is 3.14. The molecule has 0 bridgehead atoms. The number of aromatic hydroxyl groups is 1. The highest BCUT2D eigenvalue weighted by Gasteiger charge is 2.22. The lowest BCUT2D eigenvalue weighted by atomic mass is 10.1. The first-order valence-electron chi connectivity index (χ1n) is 7.91. The Balaban J connectivity index is 2.14. The molecule has 3 rings (SSSR count). The number of hydrogen-bond acceptors (Lipinski definition) is 4. The van der Waals surface area contributed by atoms with Crippen molar-refractivity contribution in [2.45, 2.75) is 13.8 Å². The minimum absolute atomic E-state index is 0.378. The second-order valence-corrected chi connectivity index (χ2v) is 5.90. The van der Waals surface area contributed by atoms with Gasteiger partial charge in [-0.25, -0.2) is 9.36 Å². The minimum Gasteiger partial charge on any atom is -0.493 e. The van der Waals surface area contributed by atoms with Gasteiger partial charge in [0.15, 0.2) is 5.56 Å². The Bertz CT molecular complexity index is 1100. The third-order valence-corrected chi connectivity index (χ3v) is 3.94. The molecule has 0 aliphatic rings. The number of aromatic amines is 1. The second kappa shape index (κ2) is 6.72. The van der Waals surface area contributed by atoms with Crippen LogP contribution < -0.4 is 16.6 Å². The van der Waals surface area contributed by atoms with E-state index in [4.69, 9.17) is 0 Å². The average molecular weight is 351 g/mol. The van der Waals surface area contributed by atoms with Crippen molar-refractivity contribution < 1.29 is 9.90 Å². The van der Waals surface area contributed by atoms with Gasteiger partial charge in [0, 0.05) is 5.69 Å². The van der Waals surface area contributed by atoms with Gasteiger partial charge in [-0.15, -0.1) is 0 Å². The molecule has 26 heavy (non-hydrogen) atoms. The molecule has 0 aliphatic carbocycles. The highest BCUT2D eigenvalue weighted by Crippen LogP contribution is 2.21. The van der Waals surface area contributed by atoms with Gasteiger partial charge in [-0.05, 0) is 37.6 Å². The molecule has 0 fully saturated rings. The molecule has 7 nitrogen and oxygen atoms in total. The number of rotatable bonds is 3. The van der Waals surface area contributed by atoms with Gasteiger partial charge in [0.05, 0.1) is 5.69 Å². The molecule has 0 radical (unpaired) electrons. The summed E-state index contributed by atoms with van der Waals surface area (Å²) in [4.78, 5) is 38.9. The number of hydrogen-bond donors (Lipinski definition) is 3. The Morgan fingerprint density at radius 2 is 1.77 bits per heavy atom. The summed E-state index contributed by atoms with van der Waals surface area (Å²) in [6, 6.07) is 13.7. The van der Waals surface area contributed by atoms with Crippen molar-refractivity contribution in [3.05, 3.63) is 86.1 Å².